The van der Waals surface area contributed by atoms with Crippen LogP contribution in [0, 0.1) is 11.7 Å². The first kappa shape index (κ1) is 14.3. The van der Waals surface area contributed by atoms with E-state index in [0.717, 1.165) is 12.5 Å². The summed E-state index contributed by atoms with van der Waals surface area (Å²) in [6, 6.07) is 3.42. The Morgan fingerprint density at radius 1 is 1.40 bits per heavy atom. The summed E-state index contributed by atoms with van der Waals surface area (Å²) in [5, 5.41) is 11.8. The van der Waals surface area contributed by atoms with E-state index in [9.17, 15) is 14.0 Å². The minimum atomic E-state index is -0.899. The first-order valence-electron chi connectivity index (χ1n) is 6.40. The Morgan fingerprint density at radius 2 is 2.15 bits per heavy atom. The summed E-state index contributed by atoms with van der Waals surface area (Å²) < 4.78 is 18.1. The van der Waals surface area contributed by atoms with E-state index in [1.54, 1.807) is 0 Å². The second kappa shape index (κ2) is 5.90. The standard InChI is InChI=1S/C14H16FNO4/c1-20-12-7-8(5-6-10(12)15)13(17)16-11-4-2-3-9(11)14(18)19/h5-7,9,11H,2-4H2,1H3,(H,16,17)(H,18,19)/t9-,11+/m0/s1. The van der Waals surface area contributed by atoms with Crippen molar-refractivity contribution in [2.75, 3.05) is 7.11 Å². The molecule has 108 valence electrons. The molecule has 0 aliphatic heterocycles. The van der Waals surface area contributed by atoms with E-state index in [-0.39, 0.29) is 17.4 Å². The van der Waals surface area contributed by atoms with Crippen LogP contribution in [-0.4, -0.2) is 30.1 Å². The zero-order valence-corrected chi connectivity index (χ0v) is 11.1. The Bertz CT molecular complexity index is 532. The summed E-state index contributed by atoms with van der Waals surface area (Å²) in [6.45, 7) is 0. The van der Waals surface area contributed by atoms with Gasteiger partial charge in [0.1, 0.15) is 0 Å². The number of hydrogen-bond acceptors (Lipinski definition) is 3. The zero-order chi connectivity index (χ0) is 14.7. The van der Waals surface area contributed by atoms with E-state index in [1.807, 2.05) is 0 Å². The molecule has 0 spiro atoms. The summed E-state index contributed by atoms with van der Waals surface area (Å²) in [6.07, 6.45) is 1.97. The minimum absolute atomic E-state index is 0.0149. The SMILES string of the molecule is COc1cc(C(=O)N[C@@H]2CCC[C@@H]2C(=O)O)ccc1F. The van der Waals surface area contributed by atoms with E-state index in [0.29, 0.717) is 12.8 Å². The van der Waals surface area contributed by atoms with Crippen LogP contribution in [0.15, 0.2) is 18.2 Å². The van der Waals surface area contributed by atoms with Crippen molar-refractivity contribution in [3.63, 3.8) is 0 Å². The van der Waals surface area contributed by atoms with Crippen LogP contribution in [0.1, 0.15) is 29.6 Å². The molecule has 0 aromatic heterocycles. The monoisotopic (exact) mass is 281 g/mol. The third-order valence-electron chi connectivity index (χ3n) is 3.56. The number of carboxylic acid groups (broad SMARTS) is 1. The fraction of sp³-hybridized carbons (Fsp3) is 0.429. The number of ether oxygens (including phenoxy) is 1. The van der Waals surface area contributed by atoms with Crippen LogP contribution in [-0.2, 0) is 4.79 Å². The lowest BCUT2D eigenvalue weighted by atomic mass is 10.0. The molecule has 5 nitrogen and oxygen atoms in total. The molecule has 1 saturated carbocycles. The second-order valence-corrected chi connectivity index (χ2v) is 4.80. The van der Waals surface area contributed by atoms with Gasteiger partial charge in [-0.2, -0.15) is 0 Å². The average molecular weight is 281 g/mol. The van der Waals surface area contributed by atoms with Crippen LogP contribution in [0.4, 0.5) is 4.39 Å². The molecule has 2 atom stereocenters. The molecular weight excluding hydrogens is 265 g/mol. The third-order valence-corrected chi connectivity index (χ3v) is 3.56. The third kappa shape index (κ3) is 2.89. The molecular formula is C14H16FNO4. The van der Waals surface area contributed by atoms with Gasteiger partial charge in [0.15, 0.2) is 11.6 Å². The molecule has 2 N–H and O–H groups in total. The van der Waals surface area contributed by atoms with E-state index >= 15 is 0 Å². The predicted octanol–water partition coefficient (Wildman–Crippen LogP) is 1.82. The van der Waals surface area contributed by atoms with Gasteiger partial charge in [0.05, 0.1) is 13.0 Å². The summed E-state index contributed by atoms with van der Waals surface area (Å²) in [5.74, 6) is -2.43. The first-order chi connectivity index (χ1) is 9.52. The highest BCUT2D eigenvalue weighted by Crippen LogP contribution is 2.26. The van der Waals surface area contributed by atoms with Gasteiger partial charge >= 0.3 is 5.97 Å². The number of carbonyl (C=O) groups is 2. The summed E-state index contributed by atoms with van der Waals surface area (Å²) in [5.41, 5.74) is 0.249. The molecule has 0 heterocycles. The summed E-state index contributed by atoms with van der Waals surface area (Å²) >= 11 is 0. The Morgan fingerprint density at radius 3 is 2.80 bits per heavy atom. The van der Waals surface area contributed by atoms with E-state index in [2.05, 4.69) is 5.32 Å². The number of aliphatic carboxylic acids is 1. The smallest absolute Gasteiger partial charge is 0.308 e. The van der Waals surface area contributed by atoms with Gasteiger partial charge in [-0.3, -0.25) is 9.59 Å². The Hall–Kier alpha value is -2.11. The number of methoxy groups -OCH3 is 1. The lowest BCUT2D eigenvalue weighted by Crippen LogP contribution is -2.40. The fourth-order valence-electron chi connectivity index (χ4n) is 2.48. The number of rotatable bonds is 4. The predicted molar refractivity (Wildman–Crippen MR) is 69.2 cm³/mol. The van der Waals surface area contributed by atoms with Gasteiger partial charge < -0.3 is 15.2 Å². The number of carbonyl (C=O) groups excluding carboxylic acids is 1. The maximum atomic E-state index is 13.3. The molecule has 0 radical (unpaired) electrons. The van der Waals surface area contributed by atoms with Crippen molar-refractivity contribution >= 4 is 11.9 Å². The lowest BCUT2D eigenvalue weighted by molar-refractivity contribution is -0.142. The maximum Gasteiger partial charge on any atom is 0.308 e. The van der Waals surface area contributed by atoms with E-state index in [1.165, 1.54) is 19.2 Å². The molecule has 6 heteroatoms. The molecule has 1 aliphatic rings. The van der Waals surface area contributed by atoms with Crippen molar-refractivity contribution in [3.05, 3.63) is 29.6 Å². The van der Waals surface area contributed by atoms with Crippen molar-refractivity contribution in [3.8, 4) is 5.75 Å². The van der Waals surface area contributed by atoms with Gasteiger partial charge in [-0.15, -0.1) is 0 Å². The van der Waals surface area contributed by atoms with Crippen LogP contribution in [0.5, 0.6) is 5.75 Å². The highest BCUT2D eigenvalue weighted by atomic mass is 19.1. The summed E-state index contributed by atoms with van der Waals surface area (Å²) in [7, 11) is 1.32. The van der Waals surface area contributed by atoms with Crippen LogP contribution >= 0.6 is 0 Å². The van der Waals surface area contributed by atoms with Gasteiger partial charge in [0.25, 0.3) is 5.91 Å². The molecule has 0 bridgehead atoms. The van der Waals surface area contributed by atoms with Crippen molar-refractivity contribution in [2.24, 2.45) is 5.92 Å². The van der Waals surface area contributed by atoms with Crippen LogP contribution < -0.4 is 10.1 Å². The van der Waals surface area contributed by atoms with Gasteiger partial charge in [0, 0.05) is 11.6 Å². The Balaban J connectivity index is 2.10. The second-order valence-electron chi connectivity index (χ2n) is 4.80. The Labute approximate surface area is 115 Å². The molecule has 0 unspecified atom stereocenters. The highest BCUT2D eigenvalue weighted by molar-refractivity contribution is 5.95. The number of halogens is 1. The summed E-state index contributed by atoms with van der Waals surface area (Å²) in [4.78, 5) is 23.1. The van der Waals surface area contributed by atoms with Gasteiger partial charge in [-0.05, 0) is 31.0 Å². The van der Waals surface area contributed by atoms with Crippen molar-refractivity contribution in [1.29, 1.82) is 0 Å². The molecule has 2 rings (SSSR count). The zero-order valence-electron chi connectivity index (χ0n) is 11.1. The normalized spacial score (nSPS) is 21.5. The number of nitrogens with one attached hydrogen (secondary N) is 1. The largest absolute Gasteiger partial charge is 0.494 e. The number of carboxylic acids is 1. The van der Waals surface area contributed by atoms with Crippen molar-refractivity contribution in [1.82, 2.24) is 5.32 Å². The minimum Gasteiger partial charge on any atom is -0.494 e. The molecule has 1 fully saturated rings. The molecule has 1 aromatic rings. The van der Waals surface area contributed by atoms with Gasteiger partial charge in [0.2, 0.25) is 0 Å². The molecule has 1 amide bonds. The topological polar surface area (TPSA) is 75.6 Å². The molecule has 20 heavy (non-hydrogen) atoms. The van der Waals surface area contributed by atoms with E-state index in [4.69, 9.17) is 9.84 Å². The quantitative estimate of drug-likeness (QED) is 0.882. The number of amides is 1. The van der Waals surface area contributed by atoms with Gasteiger partial charge in [-0.1, -0.05) is 6.42 Å². The molecule has 1 aliphatic carbocycles. The lowest BCUT2D eigenvalue weighted by Gasteiger charge is -2.17. The van der Waals surface area contributed by atoms with Crippen LogP contribution in [0.2, 0.25) is 0 Å². The van der Waals surface area contributed by atoms with E-state index < -0.39 is 23.6 Å². The average Bonchev–Trinajstić information content (AvgIpc) is 2.87. The van der Waals surface area contributed by atoms with Crippen LogP contribution in [0.3, 0.4) is 0 Å². The number of hydrogen-bond donors (Lipinski definition) is 2. The first-order valence-corrected chi connectivity index (χ1v) is 6.40. The fourth-order valence-corrected chi connectivity index (χ4v) is 2.48. The van der Waals surface area contributed by atoms with Crippen molar-refractivity contribution in [2.45, 2.75) is 25.3 Å². The molecule has 1 aromatic carbocycles. The van der Waals surface area contributed by atoms with Crippen LogP contribution in [0.25, 0.3) is 0 Å². The molecule has 0 saturated heterocycles. The number of benzene rings is 1. The highest BCUT2D eigenvalue weighted by Gasteiger charge is 2.34. The maximum absolute atomic E-state index is 13.3. The van der Waals surface area contributed by atoms with Gasteiger partial charge in [-0.25, -0.2) is 4.39 Å². The van der Waals surface area contributed by atoms with Crippen molar-refractivity contribution < 1.29 is 23.8 Å². The Kier molecular flexibility index (Phi) is 4.22.